The third kappa shape index (κ3) is 6.83. The van der Waals surface area contributed by atoms with Crippen LogP contribution in [0.1, 0.15) is 46.5 Å². The van der Waals surface area contributed by atoms with Crippen molar-refractivity contribution in [1.82, 2.24) is 0 Å². The summed E-state index contributed by atoms with van der Waals surface area (Å²) in [5, 5.41) is 0. The summed E-state index contributed by atoms with van der Waals surface area (Å²) in [4.78, 5) is 23.5. The van der Waals surface area contributed by atoms with Gasteiger partial charge in [0.1, 0.15) is 12.7 Å². The van der Waals surface area contributed by atoms with Crippen molar-refractivity contribution >= 4 is 22.3 Å². The second-order valence-corrected chi connectivity index (χ2v) is 10.3. The Kier molecular flexibility index (Phi) is 11.1. The molecule has 3 aliphatic rings. The number of hydrogen-bond donors (Lipinski definition) is 1. The molecule has 1 N–H and O–H groups in total. The van der Waals surface area contributed by atoms with E-state index in [1.54, 1.807) is 12.2 Å². The van der Waals surface area contributed by atoms with E-state index in [-0.39, 0.29) is 95.5 Å². The standard InChI is InChI=1S/C22H30O8S.2Na/c1-14-5-8-18-21(3,17(14)7-6-16-10-12-28-20(16)24)11-9-19(30-15(2)23)22(18,4)13-29-31(25,26)27;;/h6-7,10,17-19H,1,5,8-9,11-13H2,2-4H3,(H,25,26,27);;/q;2*+1/b7-6+;;/t17?,18?,19-,21-,22+;;/m0../s1. The van der Waals surface area contributed by atoms with Gasteiger partial charge in [0.25, 0.3) is 0 Å². The van der Waals surface area contributed by atoms with Crippen LogP contribution in [-0.2, 0) is 33.6 Å². The molecule has 2 unspecified atom stereocenters. The van der Waals surface area contributed by atoms with E-state index in [1.807, 2.05) is 13.0 Å². The second kappa shape index (κ2) is 11.8. The Morgan fingerprint density at radius 1 is 1.33 bits per heavy atom. The van der Waals surface area contributed by atoms with E-state index in [0.29, 0.717) is 31.3 Å². The van der Waals surface area contributed by atoms with Gasteiger partial charge in [-0.3, -0.25) is 9.35 Å². The predicted molar refractivity (Wildman–Crippen MR) is 112 cm³/mol. The molecule has 2 aliphatic carbocycles. The largest absolute Gasteiger partial charge is 1.00 e. The minimum atomic E-state index is -4.65. The zero-order valence-corrected chi connectivity index (χ0v) is 24.9. The SMILES string of the molecule is C=C1CCC2[C@@](C)(CC[C@H](OC(C)=O)[C@]2(C)COS(=O)(=O)O)C1/C=C/C1=CCOC1=O.[Na+].[Na+]. The van der Waals surface area contributed by atoms with Gasteiger partial charge in [-0.05, 0) is 43.1 Å². The van der Waals surface area contributed by atoms with Crippen LogP contribution in [0.5, 0.6) is 0 Å². The van der Waals surface area contributed by atoms with Crippen molar-refractivity contribution < 1.29 is 95.3 Å². The molecular weight excluding hydrogens is 470 g/mol. The quantitative estimate of drug-likeness (QED) is 0.180. The summed E-state index contributed by atoms with van der Waals surface area (Å²) in [5.41, 5.74) is 0.367. The van der Waals surface area contributed by atoms with Crippen molar-refractivity contribution in [3.8, 4) is 0 Å². The number of fused-ring (bicyclic) bond motifs is 1. The zero-order chi connectivity index (χ0) is 23.0. The molecule has 33 heavy (non-hydrogen) atoms. The molecule has 0 aromatic rings. The fourth-order valence-electron chi connectivity index (χ4n) is 5.76. The first kappa shape index (κ1) is 31.1. The summed E-state index contributed by atoms with van der Waals surface area (Å²) in [6.07, 6.45) is 7.57. The summed E-state index contributed by atoms with van der Waals surface area (Å²) in [5.74, 6) is -0.951. The molecule has 172 valence electrons. The van der Waals surface area contributed by atoms with E-state index in [2.05, 4.69) is 13.5 Å². The van der Waals surface area contributed by atoms with E-state index in [9.17, 15) is 22.6 Å². The van der Waals surface area contributed by atoms with Crippen LogP contribution in [0.4, 0.5) is 0 Å². The maximum atomic E-state index is 11.8. The van der Waals surface area contributed by atoms with E-state index in [4.69, 9.17) is 13.7 Å². The summed E-state index contributed by atoms with van der Waals surface area (Å²) in [7, 11) is -4.65. The van der Waals surface area contributed by atoms with Crippen LogP contribution in [0.25, 0.3) is 0 Å². The fourth-order valence-corrected chi connectivity index (χ4v) is 6.16. The van der Waals surface area contributed by atoms with Gasteiger partial charge in [-0.1, -0.05) is 38.2 Å². The molecule has 3 rings (SSSR count). The van der Waals surface area contributed by atoms with E-state index in [1.165, 1.54) is 6.92 Å². The smallest absolute Gasteiger partial charge is 0.462 e. The molecule has 0 aromatic heterocycles. The first-order valence-corrected chi connectivity index (χ1v) is 11.8. The van der Waals surface area contributed by atoms with Crippen molar-refractivity contribution in [2.24, 2.45) is 22.7 Å². The van der Waals surface area contributed by atoms with Gasteiger partial charge in [0.2, 0.25) is 0 Å². The minimum absolute atomic E-state index is 0. The van der Waals surface area contributed by atoms with E-state index < -0.39 is 27.9 Å². The van der Waals surface area contributed by atoms with Gasteiger partial charge < -0.3 is 9.47 Å². The number of allylic oxidation sites excluding steroid dienone is 2. The predicted octanol–water partition coefficient (Wildman–Crippen LogP) is -2.83. The molecule has 2 saturated carbocycles. The first-order valence-electron chi connectivity index (χ1n) is 10.4. The molecule has 0 spiro atoms. The molecule has 0 saturated heterocycles. The van der Waals surface area contributed by atoms with Crippen LogP contribution in [0.2, 0.25) is 0 Å². The Bertz CT molecular complexity index is 944. The number of ether oxygens (including phenoxy) is 2. The molecule has 0 bridgehead atoms. The Hall–Kier alpha value is 0.0300. The maximum Gasteiger partial charge on any atom is 1.00 e. The third-order valence-corrected chi connectivity index (χ3v) is 7.64. The Labute approximate surface area is 240 Å². The molecule has 2 fully saturated rings. The van der Waals surface area contributed by atoms with Gasteiger partial charge in [-0.25, -0.2) is 8.98 Å². The van der Waals surface area contributed by atoms with Crippen LogP contribution in [0.15, 0.2) is 36.0 Å². The molecule has 0 radical (unpaired) electrons. The molecule has 1 aliphatic heterocycles. The maximum absolute atomic E-state index is 11.8. The normalized spacial score (nSPS) is 33.9. The van der Waals surface area contributed by atoms with Crippen molar-refractivity contribution in [2.75, 3.05) is 13.2 Å². The minimum Gasteiger partial charge on any atom is -0.462 e. The van der Waals surface area contributed by atoms with Crippen molar-refractivity contribution in [1.29, 1.82) is 0 Å². The topological polar surface area (TPSA) is 116 Å². The zero-order valence-electron chi connectivity index (χ0n) is 20.1. The van der Waals surface area contributed by atoms with Crippen LogP contribution < -0.4 is 59.1 Å². The molecule has 1 heterocycles. The molecule has 0 aromatic carbocycles. The number of esters is 2. The summed E-state index contributed by atoms with van der Waals surface area (Å²) < 4.78 is 47.2. The first-order chi connectivity index (χ1) is 14.4. The Morgan fingerprint density at radius 2 is 2.00 bits per heavy atom. The van der Waals surface area contributed by atoms with E-state index in [0.717, 1.165) is 5.57 Å². The average Bonchev–Trinajstić information content (AvgIpc) is 3.06. The summed E-state index contributed by atoms with van der Waals surface area (Å²) in [6.45, 7) is 9.50. The van der Waals surface area contributed by atoms with Gasteiger partial charge in [0.15, 0.2) is 0 Å². The van der Waals surface area contributed by atoms with Crippen molar-refractivity contribution in [3.05, 3.63) is 36.0 Å². The molecule has 0 amide bonds. The third-order valence-electron chi connectivity index (χ3n) is 7.23. The number of hydrogen-bond acceptors (Lipinski definition) is 7. The van der Waals surface area contributed by atoms with Crippen LogP contribution in [0, 0.1) is 22.7 Å². The van der Waals surface area contributed by atoms with Crippen molar-refractivity contribution in [2.45, 2.75) is 52.6 Å². The Balaban J connectivity index is 0.00000272. The number of cyclic esters (lactones) is 1. The monoisotopic (exact) mass is 500 g/mol. The second-order valence-electron chi connectivity index (χ2n) is 9.18. The fraction of sp³-hybridized carbons (Fsp3) is 0.636. The summed E-state index contributed by atoms with van der Waals surface area (Å²) >= 11 is 0. The van der Waals surface area contributed by atoms with Gasteiger partial charge in [-0.2, -0.15) is 8.42 Å². The van der Waals surface area contributed by atoms with Gasteiger partial charge in [0, 0.05) is 18.3 Å². The number of rotatable bonds is 6. The average molecular weight is 501 g/mol. The van der Waals surface area contributed by atoms with E-state index >= 15 is 0 Å². The van der Waals surface area contributed by atoms with Crippen molar-refractivity contribution in [3.63, 3.8) is 0 Å². The molecule has 5 atom stereocenters. The summed E-state index contributed by atoms with van der Waals surface area (Å²) in [6, 6.07) is 0. The molecule has 11 heteroatoms. The Morgan fingerprint density at radius 3 is 2.55 bits per heavy atom. The van der Waals surface area contributed by atoms with Gasteiger partial charge in [-0.15, -0.1) is 0 Å². The molecule has 8 nitrogen and oxygen atoms in total. The number of carbonyl (C=O) groups is 2. The van der Waals surface area contributed by atoms with Crippen LogP contribution in [-0.4, -0.2) is 44.2 Å². The molecular formula is C22H30Na2O8S+2. The number of carbonyl (C=O) groups excluding carboxylic acids is 2. The van der Waals surface area contributed by atoms with Gasteiger partial charge in [0.05, 0.1) is 12.2 Å². The van der Waals surface area contributed by atoms with Gasteiger partial charge >= 0.3 is 81.5 Å². The van der Waals surface area contributed by atoms with Crippen LogP contribution in [0.3, 0.4) is 0 Å². The van der Waals surface area contributed by atoms with Crippen LogP contribution >= 0.6 is 0 Å².